The van der Waals surface area contributed by atoms with E-state index in [-0.39, 0.29) is 41.8 Å². The van der Waals surface area contributed by atoms with Crippen molar-refractivity contribution in [1.82, 2.24) is 24.1 Å². The van der Waals surface area contributed by atoms with Crippen LogP contribution >= 0.6 is 0 Å². The number of rotatable bonds is 8. The SMILES string of the molecule is Cc1cc(C(C)(F)F)cn1CC(=O)Nc1cncc(C(=O)c2cn([C@@H](C)CO)c3ncncc23)c1. The first-order chi connectivity index (χ1) is 16.6. The number of hydrogen-bond acceptors (Lipinski definition) is 6. The second-order valence-electron chi connectivity index (χ2n) is 8.47. The maximum Gasteiger partial charge on any atom is 0.271 e. The lowest BCUT2D eigenvalue weighted by Gasteiger charge is -2.10. The molecule has 0 bridgehead atoms. The largest absolute Gasteiger partial charge is 0.394 e. The molecule has 0 saturated carbocycles. The lowest BCUT2D eigenvalue weighted by Crippen LogP contribution is -2.19. The molecule has 4 aromatic heterocycles. The number of aliphatic hydroxyl groups excluding tert-OH is 1. The zero-order chi connectivity index (χ0) is 25.3. The van der Waals surface area contributed by atoms with Crippen molar-refractivity contribution in [1.29, 1.82) is 0 Å². The summed E-state index contributed by atoms with van der Waals surface area (Å²) < 4.78 is 30.3. The smallest absolute Gasteiger partial charge is 0.271 e. The van der Waals surface area contributed by atoms with E-state index >= 15 is 0 Å². The van der Waals surface area contributed by atoms with Crippen LogP contribution in [0.5, 0.6) is 0 Å². The maximum absolute atomic E-state index is 13.6. The lowest BCUT2D eigenvalue weighted by atomic mass is 10.1. The summed E-state index contributed by atoms with van der Waals surface area (Å²) in [5, 5.41) is 12.7. The van der Waals surface area contributed by atoms with Crippen LogP contribution in [-0.4, -0.2) is 47.5 Å². The molecule has 0 aliphatic carbocycles. The minimum atomic E-state index is -3.01. The Labute approximate surface area is 199 Å². The Bertz CT molecular complexity index is 1410. The van der Waals surface area contributed by atoms with Crippen molar-refractivity contribution >= 4 is 28.4 Å². The van der Waals surface area contributed by atoms with E-state index in [1.54, 1.807) is 24.6 Å². The third-order valence-electron chi connectivity index (χ3n) is 5.70. The van der Waals surface area contributed by atoms with Gasteiger partial charge < -0.3 is 19.6 Å². The highest BCUT2D eigenvalue weighted by Gasteiger charge is 2.26. The molecule has 4 rings (SSSR count). The van der Waals surface area contributed by atoms with Crippen LogP contribution in [0.3, 0.4) is 0 Å². The average molecular weight is 482 g/mol. The van der Waals surface area contributed by atoms with E-state index in [2.05, 4.69) is 20.3 Å². The Balaban J connectivity index is 1.56. The second kappa shape index (κ2) is 9.34. The van der Waals surface area contributed by atoms with Crippen molar-refractivity contribution in [2.75, 3.05) is 11.9 Å². The number of amides is 1. The predicted octanol–water partition coefficient (Wildman–Crippen LogP) is 3.47. The summed E-state index contributed by atoms with van der Waals surface area (Å²) in [6.45, 7) is 3.92. The summed E-state index contributed by atoms with van der Waals surface area (Å²) in [7, 11) is 0. The van der Waals surface area contributed by atoms with Gasteiger partial charge in [-0.2, -0.15) is 0 Å². The highest BCUT2D eigenvalue weighted by molar-refractivity contribution is 6.16. The molecule has 1 atom stereocenters. The molecule has 0 aromatic carbocycles. The van der Waals surface area contributed by atoms with Crippen molar-refractivity contribution < 1.29 is 23.5 Å². The summed E-state index contributed by atoms with van der Waals surface area (Å²) in [4.78, 5) is 38.2. The third kappa shape index (κ3) is 4.94. The second-order valence-corrected chi connectivity index (χ2v) is 8.47. The number of aromatic nitrogens is 5. The van der Waals surface area contributed by atoms with Gasteiger partial charge in [0.15, 0.2) is 5.78 Å². The van der Waals surface area contributed by atoms with Crippen LogP contribution < -0.4 is 5.32 Å². The topological polar surface area (TPSA) is 115 Å². The van der Waals surface area contributed by atoms with Gasteiger partial charge in [0.25, 0.3) is 5.92 Å². The third-order valence-corrected chi connectivity index (χ3v) is 5.70. The van der Waals surface area contributed by atoms with Crippen LogP contribution in [0.4, 0.5) is 14.5 Å². The molecule has 0 unspecified atom stereocenters. The zero-order valence-electron chi connectivity index (χ0n) is 19.4. The van der Waals surface area contributed by atoms with Crippen molar-refractivity contribution in [3.8, 4) is 0 Å². The van der Waals surface area contributed by atoms with Gasteiger partial charge in [-0.25, -0.2) is 18.7 Å². The molecule has 4 aromatic rings. The molecule has 4 heterocycles. The Morgan fingerprint density at radius 3 is 2.63 bits per heavy atom. The number of halogens is 2. The quantitative estimate of drug-likeness (QED) is 0.372. The molecule has 0 aliphatic rings. The number of aliphatic hydroxyl groups is 1. The van der Waals surface area contributed by atoms with E-state index in [1.807, 2.05) is 0 Å². The van der Waals surface area contributed by atoms with Crippen LogP contribution in [0.2, 0.25) is 0 Å². The van der Waals surface area contributed by atoms with Gasteiger partial charge in [-0.1, -0.05) is 0 Å². The van der Waals surface area contributed by atoms with Crippen LogP contribution in [-0.2, 0) is 17.3 Å². The molecular formula is C24H24F2N6O3. The van der Waals surface area contributed by atoms with Gasteiger partial charge in [0.2, 0.25) is 5.91 Å². The number of fused-ring (bicyclic) bond motifs is 1. The first kappa shape index (κ1) is 24.1. The number of ketones is 1. The van der Waals surface area contributed by atoms with Crippen molar-refractivity contribution in [3.05, 3.63) is 71.8 Å². The van der Waals surface area contributed by atoms with Crippen LogP contribution in [0, 0.1) is 6.92 Å². The molecule has 1 amide bonds. The van der Waals surface area contributed by atoms with E-state index in [0.29, 0.717) is 22.3 Å². The molecule has 0 spiro atoms. The molecule has 0 aliphatic heterocycles. The van der Waals surface area contributed by atoms with E-state index < -0.39 is 11.8 Å². The van der Waals surface area contributed by atoms with Gasteiger partial charge in [-0.15, -0.1) is 0 Å². The fraction of sp³-hybridized carbons (Fsp3) is 0.292. The minimum Gasteiger partial charge on any atom is -0.394 e. The van der Waals surface area contributed by atoms with Crippen molar-refractivity contribution in [2.45, 2.75) is 39.3 Å². The molecule has 11 heteroatoms. The maximum atomic E-state index is 13.6. The first-order valence-corrected chi connectivity index (χ1v) is 10.8. The van der Waals surface area contributed by atoms with Gasteiger partial charge >= 0.3 is 0 Å². The first-order valence-electron chi connectivity index (χ1n) is 10.8. The van der Waals surface area contributed by atoms with E-state index in [4.69, 9.17) is 0 Å². The number of anilines is 1. The van der Waals surface area contributed by atoms with E-state index in [9.17, 15) is 23.5 Å². The molecule has 0 fully saturated rings. The number of aryl methyl sites for hydroxylation is 1. The van der Waals surface area contributed by atoms with E-state index in [0.717, 1.165) is 6.92 Å². The Morgan fingerprint density at radius 2 is 1.94 bits per heavy atom. The molecule has 0 radical (unpaired) electrons. The summed E-state index contributed by atoms with van der Waals surface area (Å²) >= 11 is 0. The number of pyridine rings is 1. The normalized spacial score (nSPS) is 12.6. The summed E-state index contributed by atoms with van der Waals surface area (Å²) in [6, 6.07) is 2.53. The predicted molar refractivity (Wildman–Crippen MR) is 124 cm³/mol. The van der Waals surface area contributed by atoms with Gasteiger partial charge in [0.05, 0.1) is 30.1 Å². The van der Waals surface area contributed by atoms with Gasteiger partial charge in [0, 0.05) is 53.9 Å². The number of nitrogens with zero attached hydrogens (tertiary/aromatic N) is 5. The molecule has 9 nitrogen and oxygen atoms in total. The van der Waals surface area contributed by atoms with Crippen molar-refractivity contribution in [3.63, 3.8) is 0 Å². The Kier molecular flexibility index (Phi) is 6.44. The number of carbonyl (C=O) groups is 2. The summed E-state index contributed by atoms with van der Waals surface area (Å²) in [5.41, 5.74) is 1.72. The number of nitrogens with one attached hydrogen (secondary N) is 1. The molecule has 0 saturated heterocycles. The lowest BCUT2D eigenvalue weighted by molar-refractivity contribution is -0.116. The fourth-order valence-electron chi connectivity index (χ4n) is 3.76. The van der Waals surface area contributed by atoms with Crippen LogP contribution in [0.25, 0.3) is 11.0 Å². The Morgan fingerprint density at radius 1 is 1.17 bits per heavy atom. The molecular weight excluding hydrogens is 458 g/mol. The summed E-state index contributed by atoms with van der Waals surface area (Å²) in [5.74, 6) is -3.81. The molecule has 35 heavy (non-hydrogen) atoms. The zero-order valence-corrected chi connectivity index (χ0v) is 19.4. The highest BCUT2D eigenvalue weighted by atomic mass is 19.3. The average Bonchev–Trinajstić information content (AvgIpc) is 3.39. The monoisotopic (exact) mass is 482 g/mol. The van der Waals surface area contributed by atoms with Gasteiger partial charge in [-0.3, -0.25) is 14.6 Å². The van der Waals surface area contributed by atoms with Crippen LogP contribution in [0.15, 0.2) is 49.4 Å². The van der Waals surface area contributed by atoms with Crippen molar-refractivity contribution in [2.24, 2.45) is 0 Å². The Hall–Kier alpha value is -3.99. The minimum absolute atomic E-state index is 0.136. The highest BCUT2D eigenvalue weighted by Crippen LogP contribution is 2.28. The number of alkyl halides is 2. The van der Waals surface area contributed by atoms with E-state index in [1.165, 1.54) is 47.8 Å². The fourth-order valence-corrected chi connectivity index (χ4v) is 3.76. The number of hydrogen-bond donors (Lipinski definition) is 2. The molecule has 182 valence electrons. The van der Waals surface area contributed by atoms with Gasteiger partial charge in [0.1, 0.15) is 18.5 Å². The van der Waals surface area contributed by atoms with Crippen LogP contribution in [0.1, 0.15) is 47.1 Å². The van der Waals surface area contributed by atoms with Gasteiger partial charge in [-0.05, 0) is 26.0 Å². The standard InChI is InChI=1S/C24H24F2N6O3/c1-14-4-17(24(3,25)26)9-31(14)11-21(34)30-18-5-16(6-27-7-18)22(35)20-10-32(15(2)12-33)23-19(20)8-28-13-29-23/h4-10,13,15,33H,11-12H2,1-3H3,(H,30,34)/t15-/m0/s1. The molecule has 2 N–H and O–H groups in total. The number of carbonyl (C=O) groups excluding carboxylic acids is 2. The summed E-state index contributed by atoms with van der Waals surface area (Å²) in [6.07, 6.45) is 8.53.